The summed E-state index contributed by atoms with van der Waals surface area (Å²) in [7, 11) is 0. The maximum Gasteiger partial charge on any atom is 0.263 e. The molecule has 0 atom stereocenters. The molecule has 4 rings (SSSR count). The Hall–Kier alpha value is -1.62. The number of amides is 1. The largest absolute Gasteiger partial charge is 0.397 e. The average Bonchev–Trinajstić information content (AvgIpc) is 2.90. The van der Waals surface area contributed by atoms with E-state index in [9.17, 15) is 4.79 Å². The summed E-state index contributed by atoms with van der Waals surface area (Å²) in [4.78, 5) is 19.0. The molecule has 0 unspecified atom stereocenters. The SMILES string of the molecule is Nc1c(C(=O)NC2CCCCC2)sc2nc3c(cc12)CCCC3. The number of aromatic nitrogens is 1. The molecular formula is C18H23N3OS. The van der Waals surface area contributed by atoms with Crippen molar-refractivity contribution in [1.82, 2.24) is 10.3 Å². The highest BCUT2D eigenvalue weighted by Gasteiger charge is 2.23. The van der Waals surface area contributed by atoms with Crippen molar-refractivity contribution in [2.75, 3.05) is 5.73 Å². The Labute approximate surface area is 140 Å². The number of anilines is 1. The quantitative estimate of drug-likeness (QED) is 0.880. The molecule has 23 heavy (non-hydrogen) atoms. The molecule has 0 aliphatic heterocycles. The predicted octanol–water partition coefficient (Wildman–Crippen LogP) is 3.82. The number of hydrogen-bond acceptors (Lipinski definition) is 4. The molecule has 2 aliphatic carbocycles. The fourth-order valence-electron chi connectivity index (χ4n) is 3.83. The molecule has 1 amide bonds. The number of pyridine rings is 1. The summed E-state index contributed by atoms with van der Waals surface area (Å²) in [6.07, 6.45) is 10.4. The van der Waals surface area contributed by atoms with Gasteiger partial charge in [-0.3, -0.25) is 4.79 Å². The minimum absolute atomic E-state index is 0.0182. The van der Waals surface area contributed by atoms with E-state index in [1.54, 1.807) is 0 Å². The number of nitrogens with zero attached hydrogens (tertiary/aromatic N) is 1. The van der Waals surface area contributed by atoms with Crippen LogP contribution in [0.3, 0.4) is 0 Å². The van der Waals surface area contributed by atoms with E-state index in [1.807, 2.05) is 0 Å². The van der Waals surface area contributed by atoms with E-state index in [-0.39, 0.29) is 5.91 Å². The van der Waals surface area contributed by atoms with E-state index in [0.717, 1.165) is 35.9 Å². The van der Waals surface area contributed by atoms with Crippen molar-refractivity contribution in [2.45, 2.75) is 63.8 Å². The van der Waals surface area contributed by atoms with Crippen LogP contribution in [0.25, 0.3) is 10.2 Å². The van der Waals surface area contributed by atoms with Gasteiger partial charge in [0.15, 0.2) is 0 Å². The van der Waals surface area contributed by atoms with E-state index < -0.39 is 0 Å². The normalized spacial score (nSPS) is 18.8. The minimum atomic E-state index is -0.0182. The summed E-state index contributed by atoms with van der Waals surface area (Å²) in [5, 5.41) is 4.13. The predicted molar refractivity (Wildman–Crippen MR) is 95.0 cm³/mol. The first-order valence-electron chi connectivity index (χ1n) is 8.74. The van der Waals surface area contributed by atoms with Crippen LogP contribution in [0, 0.1) is 0 Å². The standard InChI is InChI=1S/C18H23N3OS/c19-15-13-10-11-6-4-5-9-14(11)21-18(13)23-16(15)17(22)20-12-7-2-1-3-8-12/h10,12H,1-9,19H2,(H,20,22). The van der Waals surface area contributed by atoms with E-state index in [4.69, 9.17) is 10.7 Å². The first-order chi connectivity index (χ1) is 11.2. The summed E-state index contributed by atoms with van der Waals surface area (Å²) in [6, 6.07) is 2.47. The summed E-state index contributed by atoms with van der Waals surface area (Å²) in [5.74, 6) is -0.0182. The molecule has 5 heteroatoms. The second kappa shape index (κ2) is 6.11. The van der Waals surface area contributed by atoms with Gasteiger partial charge in [-0.2, -0.15) is 0 Å². The minimum Gasteiger partial charge on any atom is -0.397 e. The Morgan fingerprint density at radius 3 is 2.78 bits per heavy atom. The lowest BCUT2D eigenvalue weighted by Gasteiger charge is -2.22. The zero-order valence-corrected chi connectivity index (χ0v) is 14.2. The van der Waals surface area contributed by atoms with E-state index >= 15 is 0 Å². The third kappa shape index (κ3) is 2.82. The Morgan fingerprint density at radius 2 is 1.96 bits per heavy atom. The van der Waals surface area contributed by atoms with Gasteiger partial charge in [0.05, 0.1) is 5.69 Å². The summed E-state index contributed by atoms with van der Waals surface area (Å²) >= 11 is 1.45. The van der Waals surface area contributed by atoms with Crippen molar-refractivity contribution < 1.29 is 4.79 Å². The maximum absolute atomic E-state index is 12.6. The summed E-state index contributed by atoms with van der Waals surface area (Å²) in [6.45, 7) is 0. The fraction of sp³-hybridized carbons (Fsp3) is 0.556. The molecule has 0 saturated heterocycles. The summed E-state index contributed by atoms with van der Waals surface area (Å²) < 4.78 is 0. The van der Waals surface area contributed by atoms with E-state index in [0.29, 0.717) is 16.6 Å². The number of nitrogens with one attached hydrogen (secondary N) is 1. The number of carbonyl (C=O) groups excluding carboxylic acids is 1. The molecule has 3 N–H and O–H groups in total. The molecule has 2 aromatic rings. The molecule has 4 nitrogen and oxygen atoms in total. The molecule has 1 saturated carbocycles. The van der Waals surface area contributed by atoms with Crippen LogP contribution in [0.2, 0.25) is 0 Å². The van der Waals surface area contributed by atoms with Gasteiger partial charge in [-0.05, 0) is 50.2 Å². The zero-order valence-electron chi connectivity index (χ0n) is 13.4. The molecule has 0 aromatic carbocycles. The van der Waals surface area contributed by atoms with E-state index in [2.05, 4.69) is 11.4 Å². The van der Waals surface area contributed by atoms with Gasteiger partial charge in [0, 0.05) is 17.1 Å². The first-order valence-corrected chi connectivity index (χ1v) is 9.55. The van der Waals surface area contributed by atoms with Gasteiger partial charge < -0.3 is 11.1 Å². The van der Waals surface area contributed by atoms with Gasteiger partial charge in [-0.25, -0.2) is 4.98 Å². The van der Waals surface area contributed by atoms with Crippen LogP contribution in [-0.4, -0.2) is 16.9 Å². The van der Waals surface area contributed by atoms with E-state index in [1.165, 1.54) is 54.7 Å². The Kier molecular flexibility index (Phi) is 3.97. The van der Waals surface area contributed by atoms with Crippen molar-refractivity contribution in [3.8, 4) is 0 Å². The molecule has 0 bridgehead atoms. The Balaban J connectivity index is 1.64. The van der Waals surface area contributed by atoms with Crippen LogP contribution in [0.4, 0.5) is 5.69 Å². The molecule has 2 aliphatic rings. The van der Waals surface area contributed by atoms with Crippen molar-refractivity contribution in [3.05, 3.63) is 22.2 Å². The number of fused-ring (bicyclic) bond motifs is 2. The van der Waals surface area contributed by atoms with Gasteiger partial charge in [0.1, 0.15) is 9.71 Å². The van der Waals surface area contributed by atoms with Crippen LogP contribution in [0.5, 0.6) is 0 Å². The zero-order chi connectivity index (χ0) is 15.8. The number of nitrogens with two attached hydrogens (primary N) is 1. The Morgan fingerprint density at radius 1 is 1.17 bits per heavy atom. The van der Waals surface area contributed by atoms with Crippen LogP contribution in [-0.2, 0) is 12.8 Å². The number of thiophene rings is 1. The molecule has 1 fully saturated rings. The van der Waals surface area contributed by atoms with Gasteiger partial charge in [0.2, 0.25) is 0 Å². The molecule has 122 valence electrons. The van der Waals surface area contributed by atoms with Crippen molar-refractivity contribution in [1.29, 1.82) is 0 Å². The van der Waals surface area contributed by atoms with Crippen LogP contribution < -0.4 is 11.1 Å². The average molecular weight is 329 g/mol. The number of rotatable bonds is 2. The third-order valence-corrected chi connectivity index (χ3v) is 6.26. The Bertz CT molecular complexity index is 746. The summed E-state index contributed by atoms with van der Waals surface area (Å²) in [5.41, 5.74) is 9.41. The molecule has 0 spiro atoms. The second-order valence-electron chi connectivity index (χ2n) is 6.81. The highest BCUT2D eigenvalue weighted by atomic mass is 32.1. The molecule has 0 radical (unpaired) electrons. The smallest absolute Gasteiger partial charge is 0.263 e. The van der Waals surface area contributed by atoms with Crippen molar-refractivity contribution in [3.63, 3.8) is 0 Å². The maximum atomic E-state index is 12.6. The lowest BCUT2D eigenvalue weighted by Crippen LogP contribution is -2.36. The van der Waals surface area contributed by atoms with Gasteiger partial charge in [0.25, 0.3) is 5.91 Å². The van der Waals surface area contributed by atoms with Crippen LogP contribution in [0.15, 0.2) is 6.07 Å². The second-order valence-corrected chi connectivity index (χ2v) is 7.81. The first kappa shape index (κ1) is 14.9. The van der Waals surface area contributed by atoms with Crippen LogP contribution in [0.1, 0.15) is 65.9 Å². The van der Waals surface area contributed by atoms with Gasteiger partial charge >= 0.3 is 0 Å². The lowest BCUT2D eigenvalue weighted by atomic mass is 9.95. The highest BCUT2D eigenvalue weighted by molar-refractivity contribution is 7.21. The molecule has 2 heterocycles. The van der Waals surface area contributed by atoms with Gasteiger partial charge in [-0.15, -0.1) is 11.3 Å². The number of nitrogen functional groups attached to an aromatic ring is 1. The monoisotopic (exact) mass is 329 g/mol. The fourth-order valence-corrected chi connectivity index (χ4v) is 4.83. The van der Waals surface area contributed by atoms with Crippen LogP contribution >= 0.6 is 11.3 Å². The van der Waals surface area contributed by atoms with Crippen molar-refractivity contribution >= 4 is 33.1 Å². The van der Waals surface area contributed by atoms with Crippen molar-refractivity contribution in [2.24, 2.45) is 0 Å². The number of carbonyl (C=O) groups is 1. The molecular weight excluding hydrogens is 306 g/mol. The highest BCUT2D eigenvalue weighted by Crippen LogP contribution is 2.35. The number of hydrogen-bond donors (Lipinski definition) is 2. The lowest BCUT2D eigenvalue weighted by molar-refractivity contribution is 0.0932. The number of aryl methyl sites for hydroxylation is 2. The topological polar surface area (TPSA) is 68.0 Å². The molecule has 2 aromatic heterocycles. The third-order valence-electron chi connectivity index (χ3n) is 5.15. The van der Waals surface area contributed by atoms with Gasteiger partial charge in [-0.1, -0.05) is 19.3 Å².